The molecule has 0 saturated heterocycles. The van der Waals surface area contributed by atoms with E-state index in [1.165, 1.54) is 11.8 Å². The third-order valence-electron chi connectivity index (χ3n) is 4.90. The van der Waals surface area contributed by atoms with Crippen molar-refractivity contribution < 1.29 is 14.3 Å². The number of aromatic nitrogens is 3. The van der Waals surface area contributed by atoms with Gasteiger partial charge in [0.1, 0.15) is 11.5 Å². The largest absolute Gasteiger partial charge is 0.497 e. The third-order valence-corrected chi connectivity index (χ3v) is 5.94. The van der Waals surface area contributed by atoms with Gasteiger partial charge in [-0.25, -0.2) is 0 Å². The zero-order chi connectivity index (χ0) is 20.5. The molecule has 2 aromatic heterocycles. The highest BCUT2D eigenvalue weighted by Crippen LogP contribution is 2.31. The van der Waals surface area contributed by atoms with E-state index in [0.717, 1.165) is 33.6 Å². The van der Waals surface area contributed by atoms with Gasteiger partial charge in [0, 0.05) is 17.0 Å². The molecule has 7 heteroatoms. The lowest BCUT2D eigenvalue weighted by Gasteiger charge is -2.12. The molecule has 6 nitrogen and oxygen atoms in total. The highest BCUT2D eigenvalue weighted by atomic mass is 32.2. The Morgan fingerprint density at radius 3 is 2.38 bits per heavy atom. The molecule has 2 heterocycles. The van der Waals surface area contributed by atoms with Gasteiger partial charge in [0.25, 0.3) is 0 Å². The van der Waals surface area contributed by atoms with Gasteiger partial charge in [-0.3, -0.25) is 9.20 Å². The molecule has 0 saturated carbocycles. The monoisotopic (exact) mass is 407 g/mol. The normalized spacial score (nSPS) is 12.3. The second-order valence-corrected chi connectivity index (χ2v) is 8.05. The standard InChI is InChI=1S/C22H21N3O3S/c1-13-11-20-23-24-22(25(20)19-12-17(28-4)9-10-18(13)19)29-14(2)21(26)15-5-7-16(27-3)8-6-15/h5-12,14H,1-4H3. The van der Waals surface area contributed by atoms with E-state index in [1.54, 1.807) is 38.5 Å². The van der Waals surface area contributed by atoms with Crippen LogP contribution in [0.3, 0.4) is 0 Å². The number of carbonyl (C=O) groups is 1. The molecule has 0 amide bonds. The summed E-state index contributed by atoms with van der Waals surface area (Å²) in [4.78, 5) is 12.9. The first-order valence-corrected chi connectivity index (χ1v) is 10.1. The fourth-order valence-corrected chi connectivity index (χ4v) is 4.25. The second-order valence-electron chi connectivity index (χ2n) is 6.74. The molecule has 4 aromatic rings. The molecule has 1 unspecified atom stereocenters. The van der Waals surface area contributed by atoms with E-state index >= 15 is 0 Å². The van der Waals surface area contributed by atoms with Crippen LogP contribution in [0.5, 0.6) is 11.5 Å². The van der Waals surface area contributed by atoms with E-state index in [-0.39, 0.29) is 11.0 Å². The molecule has 0 aliphatic heterocycles. The number of pyridine rings is 1. The summed E-state index contributed by atoms with van der Waals surface area (Å²) in [5, 5.41) is 10.1. The topological polar surface area (TPSA) is 65.7 Å². The number of hydrogen-bond acceptors (Lipinski definition) is 6. The fourth-order valence-electron chi connectivity index (χ4n) is 3.31. The van der Waals surface area contributed by atoms with Crippen LogP contribution in [-0.2, 0) is 0 Å². The van der Waals surface area contributed by atoms with E-state index in [0.29, 0.717) is 10.7 Å². The molecule has 0 radical (unpaired) electrons. The quantitative estimate of drug-likeness (QED) is 0.345. The van der Waals surface area contributed by atoms with Crippen LogP contribution in [-0.4, -0.2) is 39.9 Å². The first-order valence-electron chi connectivity index (χ1n) is 9.19. The summed E-state index contributed by atoms with van der Waals surface area (Å²) in [6, 6.07) is 15.1. The molecule has 148 valence electrons. The van der Waals surface area contributed by atoms with Crippen molar-refractivity contribution in [3.05, 3.63) is 59.7 Å². The number of benzene rings is 2. The molecular weight excluding hydrogens is 386 g/mol. The van der Waals surface area contributed by atoms with Crippen molar-refractivity contribution in [1.29, 1.82) is 0 Å². The van der Waals surface area contributed by atoms with Gasteiger partial charge in [-0.05, 0) is 61.9 Å². The van der Waals surface area contributed by atoms with Crippen LogP contribution < -0.4 is 9.47 Å². The highest BCUT2D eigenvalue weighted by molar-refractivity contribution is 8.00. The molecule has 29 heavy (non-hydrogen) atoms. The molecule has 0 aliphatic rings. The van der Waals surface area contributed by atoms with E-state index in [1.807, 2.05) is 42.5 Å². The maximum atomic E-state index is 12.9. The Morgan fingerprint density at radius 1 is 1.00 bits per heavy atom. The number of ketones is 1. The highest BCUT2D eigenvalue weighted by Gasteiger charge is 2.21. The van der Waals surface area contributed by atoms with E-state index in [4.69, 9.17) is 9.47 Å². The number of rotatable bonds is 6. The number of hydrogen-bond donors (Lipinski definition) is 0. The zero-order valence-electron chi connectivity index (χ0n) is 16.7. The van der Waals surface area contributed by atoms with Crippen LogP contribution in [0, 0.1) is 6.92 Å². The van der Waals surface area contributed by atoms with E-state index < -0.39 is 0 Å². The lowest BCUT2D eigenvalue weighted by atomic mass is 10.1. The summed E-state index contributed by atoms with van der Waals surface area (Å²) in [7, 11) is 3.25. The Morgan fingerprint density at radius 2 is 1.69 bits per heavy atom. The number of aryl methyl sites for hydroxylation is 1. The maximum absolute atomic E-state index is 12.9. The molecule has 0 spiro atoms. The Bertz CT molecular complexity index is 1200. The van der Waals surface area contributed by atoms with Crippen LogP contribution >= 0.6 is 11.8 Å². The number of ether oxygens (including phenoxy) is 2. The van der Waals surface area contributed by atoms with Crippen LogP contribution in [0.4, 0.5) is 0 Å². The number of Topliss-reactive ketones (excluding diaryl/α,β-unsaturated/α-hetero) is 1. The lowest BCUT2D eigenvalue weighted by Crippen LogP contribution is -2.14. The summed E-state index contributed by atoms with van der Waals surface area (Å²) >= 11 is 1.39. The average Bonchev–Trinajstić information content (AvgIpc) is 3.15. The summed E-state index contributed by atoms with van der Waals surface area (Å²) in [6.07, 6.45) is 0. The predicted octanol–water partition coefficient (Wildman–Crippen LogP) is 4.57. The summed E-state index contributed by atoms with van der Waals surface area (Å²) in [5.74, 6) is 1.51. The molecule has 0 fully saturated rings. The summed E-state index contributed by atoms with van der Waals surface area (Å²) < 4.78 is 12.5. The van der Waals surface area contributed by atoms with Gasteiger partial charge in [0.15, 0.2) is 16.6 Å². The predicted molar refractivity (Wildman–Crippen MR) is 114 cm³/mol. The van der Waals surface area contributed by atoms with Crippen molar-refractivity contribution in [3.8, 4) is 11.5 Å². The number of thioether (sulfide) groups is 1. The Labute approximate surface area is 172 Å². The zero-order valence-corrected chi connectivity index (χ0v) is 17.5. The van der Waals surface area contributed by atoms with Gasteiger partial charge in [-0.2, -0.15) is 0 Å². The first-order chi connectivity index (χ1) is 14.0. The van der Waals surface area contributed by atoms with Crippen LogP contribution in [0.15, 0.2) is 53.7 Å². The minimum absolute atomic E-state index is 0.0309. The first kappa shape index (κ1) is 19.3. The van der Waals surface area contributed by atoms with Crippen molar-refractivity contribution in [2.75, 3.05) is 14.2 Å². The molecule has 0 aliphatic carbocycles. The minimum atomic E-state index is -0.322. The molecular formula is C22H21N3O3S. The molecule has 1 atom stereocenters. The Balaban J connectivity index is 1.72. The van der Waals surface area contributed by atoms with Crippen LogP contribution in [0.1, 0.15) is 22.8 Å². The Kier molecular flexibility index (Phi) is 5.15. The van der Waals surface area contributed by atoms with E-state index in [9.17, 15) is 4.79 Å². The Hall–Kier alpha value is -3.06. The second kappa shape index (κ2) is 7.75. The van der Waals surface area contributed by atoms with Crippen molar-refractivity contribution in [2.24, 2.45) is 0 Å². The van der Waals surface area contributed by atoms with Gasteiger partial charge in [0.2, 0.25) is 0 Å². The van der Waals surface area contributed by atoms with Crippen LogP contribution in [0.25, 0.3) is 16.6 Å². The molecule has 2 aromatic carbocycles. The number of nitrogens with zero attached hydrogens (tertiary/aromatic N) is 3. The summed E-state index contributed by atoms with van der Waals surface area (Å²) in [5.41, 5.74) is 3.45. The number of fused-ring (bicyclic) bond motifs is 3. The molecule has 4 rings (SSSR count). The lowest BCUT2D eigenvalue weighted by molar-refractivity contribution is 0.0994. The average molecular weight is 407 g/mol. The van der Waals surface area contributed by atoms with E-state index in [2.05, 4.69) is 10.2 Å². The number of methoxy groups -OCH3 is 2. The van der Waals surface area contributed by atoms with Gasteiger partial charge in [-0.15, -0.1) is 10.2 Å². The smallest absolute Gasteiger partial charge is 0.196 e. The van der Waals surface area contributed by atoms with Crippen molar-refractivity contribution >= 4 is 34.1 Å². The van der Waals surface area contributed by atoms with Gasteiger partial charge >= 0.3 is 0 Å². The SMILES string of the molecule is COc1ccc(C(=O)C(C)Sc2nnc3cc(C)c4ccc(OC)cc4n23)cc1. The van der Waals surface area contributed by atoms with Gasteiger partial charge in [0.05, 0.1) is 25.0 Å². The number of carbonyl (C=O) groups excluding carboxylic acids is 1. The van der Waals surface area contributed by atoms with Crippen molar-refractivity contribution in [3.63, 3.8) is 0 Å². The van der Waals surface area contributed by atoms with Gasteiger partial charge < -0.3 is 9.47 Å². The molecule has 0 N–H and O–H groups in total. The maximum Gasteiger partial charge on any atom is 0.196 e. The third kappa shape index (κ3) is 3.53. The summed E-state index contributed by atoms with van der Waals surface area (Å²) in [6.45, 7) is 3.93. The fraction of sp³-hybridized carbons (Fsp3) is 0.227. The minimum Gasteiger partial charge on any atom is -0.497 e. The van der Waals surface area contributed by atoms with Crippen LogP contribution in [0.2, 0.25) is 0 Å². The van der Waals surface area contributed by atoms with Crippen molar-refractivity contribution in [2.45, 2.75) is 24.3 Å². The van der Waals surface area contributed by atoms with Crippen molar-refractivity contribution in [1.82, 2.24) is 14.6 Å². The van der Waals surface area contributed by atoms with Gasteiger partial charge in [-0.1, -0.05) is 11.8 Å². The molecule has 0 bridgehead atoms.